The molecule has 1 rings (SSSR count). The number of aromatic hydroxyl groups is 1. The summed E-state index contributed by atoms with van der Waals surface area (Å²) in [5, 5.41) is 8.58. The third kappa shape index (κ3) is 2.08. The second-order valence-corrected chi connectivity index (χ2v) is 1.25. The number of hydrogen-bond acceptors (Lipinski definition) is 1. The van der Waals surface area contributed by atoms with Crippen LogP contribution in [-0.4, -0.2) is 5.11 Å². The van der Waals surface area contributed by atoms with Crippen molar-refractivity contribution in [3.8, 4) is 5.75 Å². The second-order valence-electron chi connectivity index (χ2n) is 1.25. The van der Waals surface area contributed by atoms with Gasteiger partial charge >= 0.3 is 0 Å². The molecule has 2 heteroatoms. The molecular weight excluding hydrogens is 191 g/mol. The first-order valence-electron chi connectivity index (χ1n) is 2.05. The van der Waals surface area contributed by atoms with E-state index in [1.165, 1.54) is 0 Å². The Hall–Kier alpha value is -0.357. The fourth-order valence-electron chi connectivity index (χ4n) is 0.384. The molecule has 1 N–H and O–H groups in total. The Bertz CT molecular complexity index is 138. The molecule has 1 radical (unpaired) electrons. The molecule has 1 nitrogen and oxygen atoms in total. The van der Waals surface area contributed by atoms with E-state index in [0.717, 1.165) is 0 Å². The Morgan fingerprint density at radius 3 is 2.38 bits per heavy atom. The topological polar surface area (TPSA) is 20.2 Å². The van der Waals surface area contributed by atoms with Crippen molar-refractivity contribution in [1.82, 2.24) is 0 Å². The van der Waals surface area contributed by atoms with E-state index < -0.39 is 0 Å². The molecule has 0 aliphatic heterocycles. The van der Waals surface area contributed by atoms with Crippen LogP contribution in [0.25, 0.3) is 0 Å². The number of phenolic OH excluding ortho intramolecular Hbond substituents is 1. The predicted molar refractivity (Wildman–Crippen MR) is 26.9 cm³/mol. The van der Waals surface area contributed by atoms with E-state index in [1.54, 1.807) is 24.3 Å². The van der Waals surface area contributed by atoms with Crippen LogP contribution >= 0.6 is 0 Å². The van der Waals surface area contributed by atoms with Crippen LogP contribution < -0.4 is 0 Å². The van der Waals surface area contributed by atoms with E-state index in [-0.39, 0.29) is 25.2 Å². The van der Waals surface area contributed by atoms with Crippen LogP contribution in [0.5, 0.6) is 5.75 Å². The zero-order valence-electron chi connectivity index (χ0n) is 4.09. The molecule has 1 aromatic carbocycles. The molecule has 0 heterocycles. The summed E-state index contributed by atoms with van der Waals surface area (Å²) in [4.78, 5) is 0. The van der Waals surface area contributed by atoms with Gasteiger partial charge in [0.05, 0.1) is 0 Å². The third-order valence-corrected chi connectivity index (χ3v) is 0.693. The monoisotopic (exact) mass is 196 g/mol. The summed E-state index contributed by atoms with van der Waals surface area (Å²) in [6.07, 6.45) is 0. The number of benzene rings is 1. The molecule has 1 aromatic rings. The first-order chi connectivity index (χ1) is 3.39. The van der Waals surface area contributed by atoms with Gasteiger partial charge in [-0.2, -0.15) is 18.2 Å². The summed E-state index contributed by atoms with van der Waals surface area (Å²) in [5.74, 6) is 0.197. The maximum absolute atomic E-state index is 8.58. The standard InChI is InChI=1S/C6H5O.Rh/c7-6-4-2-1-3-5-6;/h1-4,7H;/q-1;. The van der Waals surface area contributed by atoms with Crippen molar-refractivity contribution >= 4 is 0 Å². The summed E-state index contributed by atoms with van der Waals surface area (Å²) in [5.41, 5.74) is 0. The molecule has 0 unspecified atom stereocenters. The molecule has 0 atom stereocenters. The van der Waals surface area contributed by atoms with E-state index in [0.29, 0.717) is 0 Å². The fraction of sp³-hybridized carbons (Fsp3) is 0. The zero-order valence-corrected chi connectivity index (χ0v) is 5.73. The average molecular weight is 196 g/mol. The molecule has 0 aliphatic carbocycles. The second kappa shape index (κ2) is 3.62. The van der Waals surface area contributed by atoms with Crippen LogP contribution in [0.2, 0.25) is 0 Å². The molecular formula is C6H5ORh-. The van der Waals surface area contributed by atoms with Crippen LogP contribution in [0.1, 0.15) is 0 Å². The van der Waals surface area contributed by atoms with Gasteiger partial charge in [0.15, 0.2) is 0 Å². The van der Waals surface area contributed by atoms with Gasteiger partial charge in [0.25, 0.3) is 0 Å². The van der Waals surface area contributed by atoms with Gasteiger partial charge in [0.1, 0.15) is 0 Å². The van der Waals surface area contributed by atoms with Crippen LogP contribution in [0.4, 0.5) is 0 Å². The van der Waals surface area contributed by atoms with Gasteiger partial charge in [-0.15, -0.1) is 12.1 Å². The average Bonchev–Trinajstić information content (AvgIpc) is 1.69. The van der Waals surface area contributed by atoms with Crippen molar-refractivity contribution < 1.29 is 24.6 Å². The van der Waals surface area contributed by atoms with Crippen molar-refractivity contribution in [1.29, 1.82) is 0 Å². The van der Waals surface area contributed by atoms with Crippen LogP contribution in [-0.2, 0) is 19.5 Å². The van der Waals surface area contributed by atoms with E-state index in [1.807, 2.05) is 0 Å². The van der Waals surface area contributed by atoms with E-state index in [9.17, 15) is 0 Å². The van der Waals surface area contributed by atoms with Crippen molar-refractivity contribution in [2.75, 3.05) is 0 Å². The molecule has 0 saturated carbocycles. The minimum Gasteiger partial charge on any atom is -0.534 e. The largest absolute Gasteiger partial charge is 0.534 e. The summed E-state index contributed by atoms with van der Waals surface area (Å²) < 4.78 is 0. The van der Waals surface area contributed by atoms with Crippen molar-refractivity contribution in [3.63, 3.8) is 0 Å². The summed E-state index contributed by atoms with van der Waals surface area (Å²) >= 11 is 0. The van der Waals surface area contributed by atoms with E-state index in [2.05, 4.69) is 6.07 Å². The van der Waals surface area contributed by atoms with Gasteiger partial charge in [0.2, 0.25) is 0 Å². The molecule has 0 aliphatic rings. The number of rotatable bonds is 0. The normalized spacial score (nSPS) is 7.50. The Labute approximate surface area is 61.1 Å². The first kappa shape index (κ1) is 7.64. The SMILES string of the molecule is Oc1[c-]cccc1.[Rh]. The maximum Gasteiger partial charge on any atom is 0.00397 e. The smallest absolute Gasteiger partial charge is 0.00397 e. The molecule has 0 amide bonds. The van der Waals surface area contributed by atoms with Crippen molar-refractivity contribution in [3.05, 3.63) is 30.3 Å². The van der Waals surface area contributed by atoms with Gasteiger partial charge in [0, 0.05) is 25.2 Å². The Balaban J connectivity index is 0.000000490. The van der Waals surface area contributed by atoms with Crippen LogP contribution in [0.3, 0.4) is 0 Å². The molecule has 45 valence electrons. The number of para-hydroxylation sites is 1. The summed E-state index contributed by atoms with van der Waals surface area (Å²) in [6, 6.07) is 9.39. The van der Waals surface area contributed by atoms with Crippen molar-refractivity contribution in [2.45, 2.75) is 0 Å². The summed E-state index contributed by atoms with van der Waals surface area (Å²) in [7, 11) is 0. The predicted octanol–water partition coefficient (Wildman–Crippen LogP) is 1.19. The Morgan fingerprint density at radius 1 is 1.38 bits per heavy atom. The van der Waals surface area contributed by atoms with Gasteiger partial charge in [-0.05, 0) is 0 Å². The molecule has 0 saturated heterocycles. The minimum absolute atomic E-state index is 0. The Morgan fingerprint density at radius 2 is 2.12 bits per heavy atom. The third-order valence-electron chi connectivity index (χ3n) is 0.693. The quantitative estimate of drug-likeness (QED) is 0.488. The first-order valence-corrected chi connectivity index (χ1v) is 2.05. The number of hydrogen-bond donors (Lipinski definition) is 1. The van der Waals surface area contributed by atoms with Crippen molar-refractivity contribution in [2.24, 2.45) is 0 Å². The van der Waals surface area contributed by atoms with Crippen LogP contribution in [0, 0.1) is 6.07 Å². The van der Waals surface area contributed by atoms with Crippen LogP contribution in [0.15, 0.2) is 24.3 Å². The fourth-order valence-corrected chi connectivity index (χ4v) is 0.384. The number of phenols is 1. The van der Waals surface area contributed by atoms with E-state index >= 15 is 0 Å². The molecule has 0 aromatic heterocycles. The molecule has 0 spiro atoms. The van der Waals surface area contributed by atoms with E-state index in [4.69, 9.17) is 5.11 Å². The minimum atomic E-state index is 0. The van der Waals surface area contributed by atoms with Gasteiger partial charge in [-0.3, -0.25) is 0 Å². The Kier molecular flexibility index (Phi) is 3.46. The van der Waals surface area contributed by atoms with Gasteiger partial charge in [-0.1, -0.05) is 0 Å². The zero-order chi connectivity index (χ0) is 5.11. The molecule has 0 fully saturated rings. The maximum atomic E-state index is 8.58. The van der Waals surface area contributed by atoms with Gasteiger partial charge < -0.3 is 5.11 Å². The van der Waals surface area contributed by atoms with Gasteiger partial charge in [-0.25, -0.2) is 0 Å². The molecule has 8 heavy (non-hydrogen) atoms. The molecule has 0 bridgehead atoms. The summed E-state index contributed by atoms with van der Waals surface area (Å²) in [6.45, 7) is 0.